The van der Waals surface area contributed by atoms with Gasteiger partial charge in [-0.1, -0.05) is 54.6 Å². The number of anilines is 1. The highest BCUT2D eigenvalue weighted by atomic mass is 16.6. The predicted octanol–water partition coefficient (Wildman–Crippen LogP) is 7.57. The van der Waals surface area contributed by atoms with Crippen LogP contribution in [0.1, 0.15) is 85.1 Å². The monoisotopic (exact) mass is 656 g/mol. The summed E-state index contributed by atoms with van der Waals surface area (Å²) in [5.41, 5.74) is 2.28. The van der Waals surface area contributed by atoms with Gasteiger partial charge < -0.3 is 30.5 Å². The van der Waals surface area contributed by atoms with Crippen LogP contribution < -0.4 is 10.6 Å². The molecular weight excluding hydrogens is 608 g/mol. The number of rotatable bonds is 9. The van der Waals surface area contributed by atoms with E-state index in [0.29, 0.717) is 31.6 Å². The molecule has 3 aromatic rings. The van der Waals surface area contributed by atoms with Crippen LogP contribution in [0, 0.1) is 5.92 Å². The summed E-state index contributed by atoms with van der Waals surface area (Å²) in [4.78, 5) is 43.5. The molecule has 0 atom stereocenters. The topological polar surface area (TPSA) is 141 Å². The molecule has 2 aromatic carbocycles. The zero-order valence-electron chi connectivity index (χ0n) is 28.6. The van der Waals surface area contributed by atoms with Crippen molar-refractivity contribution < 1.29 is 29.3 Å². The molecule has 2 aliphatic rings. The van der Waals surface area contributed by atoms with E-state index in [1.54, 1.807) is 13.1 Å². The first kappa shape index (κ1) is 34.9. The van der Waals surface area contributed by atoms with Gasteiger partial charge in [0, 0.05) is 43.6 Å². The molecule has 2 aliphatic carbocycles. The summed E-state index contributed by atoms with van der Waals surface area (Å²) in [6.45, 7) is 9.54. The molecule has 1 aromatic heterocycles. The number of pyridine rings is 1. The maximum absolute atomic E-state index is 13.1. The summed E-state index contributed by atoms with van der Waals surface area (Å²) < 4.78 is 5.53. The number of aliphatic hydroxyl groups is 1. The van der Waals surface area contributed by atoms with Crippen LogP contribution in [0.5, 0.6) is 0 Å². The standard InChI is InChI=1S/C38H48N4O6/c1-6-42(35(45)46)29-18-12-25(13-19-29)20-33(43)40-32-21-30(26-10-8-7-9-11-26)31(22-39-32)27-14-16-28(17-15-27)38(23-37(5,47)24-38)41-34(44)48-36(2,3)4/h7-11,14-17,21-22,25,29,47H,6,12-13,18-20,23-24H2,1-5H3,(H,41,44)(H,45,46)(H,39,40,43). The number of nitrogens with zero attached hydrogens (tertiary/aromatic N) is 2. The molecule has 0 aliphatic heterocycles. The summed E-state index contributed by atoms with van der Waals surface area (Å²) >= 11 is 0. The molecule has 4 N–H and O–H groups in total. The third-order valence-electron chi connectivity index (χ3n) is 9.43. The fourth-order valence-corrected chi connectivity index (χ4v) is 7.36. The Kier molecular flexibility index (Phi) is 10.1. The summed E-state index contributed by atoms with van der Waals surface area (Å²) in [5.74, 6) is 0.563. The zero-order chi connectivity index (χ0) is 34.7. The van der Waals surface area contributed by atoms with E-state index in [0.717, 1.165) is 53.5 Å². The van der Waals surface area contributed by atoms with Gasteiger partial charge in [0.1, 0.15) is 11.4 Å². The summed E-state index contributed by atoms with van der Waals surface area (Å²) in [7, 11) is 0. The second-order valence-electron chi connectivity index (χ2n) is 14.6. The number of carbonyl (C=O) groups excluding carboxylic acids is 2. The van der Waals surface area contributed by atoms with E-state index >= 15 is 0 Å². The molecule has 1 heterocycles. The Balaban J connectivity index is 1.32. The molecule has 10 heteroatoms. The number of ether oxygens (including phenoxy) is 1. The lowest BCUT2D eigenvalue weighted by molar-refractivity contribution is -0.117. The van der Waals surface area contributed by atoms with Crippen LogP contribution in [-0.2, 0) is 15.1 Å². The molecule has 5 rings (SSSR count). The van der Waals surface area contributed by atoms with Crippen molar-refractivity contribution >= 4 is 23.9 Å². The Labute approximate surface area is 282 Å². The number of alkyl carbamates (subject to hydrolysis) is 1. The number of hydrogen-bond donors (Lipinski definition) is 4. The lowest BCUT2D eigenvalue weighted by atomic mass is 9.62. The van der Waals surface area contributed by atoms with Crippen LogP contribution in [0.4, 0.5) is 15.4 Å². The van der Waals surface area contributed by atoms with Crippen LogP contribution in [0.15, 0.2) is 66.9 Å². The number of aromatic nitrogens is 1. The largest absolute Gasteiger partial charge is 0.465 e. The van der Waals surface area contributed by atoms with Crippen molar-refractivity contribution in [1.82, 2.24) is 15.2 Å². The zero-order valence-corrected chi connectivity index (χ0v) is 28.6. The smallest absolute Gasteiger partial charge is 0.408 e. The van der Waals surface area contributed by atoms with E-state index in [1.807, 2.05) is 88.4 Å². The minimum absolute atomic E-state index is 0.0129. The van der Waals surface area contributed by atoms with Gasteiger partial charge in [0.2, 0.25) is 5.91 Å². The lowest BCUT2D eigenvalue weighted by Gasteiger charge is -2.52. The number of nitrogens with one attached hydrogen (secondary N) is 2. The third kappa shape index (κ3) is 8.34. The van der Waals surface area contributed by atoms with Gasteiger partial charge in [0.15, 0.2) is 0 Å². The van der Waals surface area contributed by atoms with Gasteiger partial charge in [-0.05, 0) is 94.5 Å². The van der Waals surface area contributed by atoms with Crippen molar-refractivity contribution in [1.29, 1.82) is 0 Å². The van der Waals surface area contributed by atoms with E-state index < -0.39 is 28.9 Å². The normalized spacial score (nSPS) is 23.8. The third-order valence-corrected chi connectivity index (χ3v) is 9.43. The van der Waals surface area contributed by atoms with E-state index in [9.17, 15) is 24.6 Å². The molecule has 10 nitrogen and oxygen atoms in total. The van der Waals surface area contributed by atoms with E-state index in [4.69, 9.17) is 4.74 Å². The first-order valence-corrected chi connectivity index (χ1v) is 16.9. The predicted molar refractivity (Wildman–Crippen MR) is 185 cm³/mol. The highest BCUT2D eigenvalue weighted by Gasteiger charge is 2.53. The molecule has 2 fully saturated rings. The van der Waals surface area contributed by atoms with Gasteiger partial charge in [-0.3, -0.25) is 4.79 Å². The average molecular weight is 657 g/mol. The minimum atomic E-state index is -0.894. The van der Waals surface area contributed by atoms with Gasteiger partial charge in [0.05, 0.1) is 11.1 Å². The molecule has 0 bridgehead atoms. The lowest BCUT2D eigenvalue weighted by Crippen LogP contribution is -2.62. The molecule has 0 radical (unpaired) electrons. The van der Waals surface area contributed by atoms with Crippen molar-refractivity contribution in [2.75, 3.05) is 11.9 Å². The van der Waals surface area contributed by atoms with Gasteiger partial charge in [-0.15, -0.1) is 0 Å². The maximum Gasteiger partial charge on any atom is 0.408 e. The first-order valence-electron chi connectivity index (χ1n) is 16.9. The van der Waals surface area contributed by atoms with E-state index in [2.05, 4.69) is 15.6 Å². The molecule has 48 heavy (non-hydrogen) atoms. The molecule has 0 spiro atoms. The van der Waals surface area contributed by atoms with Crippen LogP contribution in [0.25, 0.3) is 22.3 Å². The number of carbonyl (C=O) groups is 3. The van der Waals surface area contributed by atoms with Crippen LogP contribution >= 0.6 is 0 Å². The Hall–Kier alpha value is -4.44. The molecule has 0 unspecified atom stereocenters. The maximum atomic E-state index is 13.1. The van der Waals surface area contributed by atoms with Gasteiger partial charge in [-0.2, -0.15) is 0 Å². The second kappa shape index (κ2) is 14.0. The number of carboxylic acid groups (broad SMARTS) is 1. The molecule has 256 valence electrons. The van der Waals surface area contributed by atoms with Crippen molar-refractivity contribution in [2.24, 2.45) is 5.92 Å². The molecule has 0 saturated heterocycles. The minimum Gasteiger partial charge on any atom is -0.465 e. The average Bonchev–Trinajstić information content (AvgIpc) is 3.00. The molecule has 2 saturated carbocycles. The summed E-state index contributed by atoms with van der Waals surface area (Å²) in [6, 6.07) is 19.8. The number of hydrogen-bond acceptors (Lipinski definition) is 6. The Bertz CT molecular complexity index is 1600. The van der Waals surface area contributed by atoms with E-state index in [1.165, 1.54) is 4.90 Å². The van der Waals surface area contributed by atoms with Gasteiger partial charge >= 0.3 is 12.2 Å². The Morgan fingerprint density at radius 1 is 0.958 bits per heavy atom. The summed E-state index contributed by atoms with van der Waals surface area (Å²) in [5, 5.41) is 26.1. The quantitative estimate of drug-likeness (QED) is 0.186. The van der Waals surface area contributed by atoms with Crippen molar-refractivity contribution in [3.8, 4) is 22.3 Å². The van der Waals surface area contributed by atoms with E-state index in [-0.39, 0.29) is 17.9 Å². The first-order chi connectivity index (χ1) is 22.7. The fraction of sp³-hybridized carbons (Fsp3) is 0.474. The molecular formula is C38H48N4O6. The van der Waals surface area contributed by atoms with Gasteiger partial charge in [-0.25, -0.2) is 14.6 Å². The van der Waals surface area contributed by atoms with Crippen LogP contribution in [0.2, 0.25) is 0 Å². The van der Waals surface area contributed by atoms with Crippen molar-refractivity contribution in [2.45, 2.75) is 102 Å². The Morgan fingerprint density at radius 3 is 2.15 bits per heavy atom. The second-order valence-corrected chi connectivity index (χ2v) is 14.6. The number of benzene rings is 2. The molecule has 3 amide bonds. The number of amides is 3. The van der Waals surface area contributed by atoms with Crippen molar-refractivity contribution in [3.63, 3.8) is 0 Å². The highest BCUT2D eigenvalue weighted by Crippen LogP contribution is 2.49. The SMILES string of the molecule is CCN(C(=O)O)C1CCC(CC(=O)Nc2cc(-c3ccccc3)c(-c3ccc(C4(NC(=O)OC(C)(C)C)CC(C)(O)C4)cc3)cn2)CC1. The Morgan fingerprint density at radius 2 is 1.58 bits per heavy atom. The van der Waals surface area contributed by atoms with Crippen molar-refractivity contribution in [3.05, 3.63) is 72.4 Å². The van der Waals surface area contributed by atoms with Gasteiger partial charge in [0.25, 0.3) is 0 Å². The summed E-state index contributed by atoms with van der Waals surface area (Å²) in [6.07, 6.45) is 4.61. The van der Waals surface area contributed by atoms with Crippen LogP contribution in [0.3, 0.4) is 0 Å². The fourth-order valence-electron chi connectivity index (χ4n) is 7.36. The van der Waals surface area contributed by atoms with Crippen LogP contribution in [-0.4, -0.2) is 62.0 Å². The highest BCUT2D eigenvalue weighted by molar-refractivity contribution is 5.92.